The van der Waals surface area contributed by atoms with Gasteiger partial charge in [0.25, 0.3) is 0 Å². The number of likely N-dealkylation sites (N-methyl/N-ethyl adjacent to an activating group) is 1. The van der Waals surface area contributed by atoms with Gasteiger partial charge in [0.2, 0.25) is 5.88 Å². The van der Waals surface area contributed by atoms with Gasteiger partial charge in [0.15, 0.2) is 0 Å². The van der Waals surface area contributed by atoms with Crippen LogP contribution in [-0.4, -0.2) is 42.2 Å². The summed E-state index contributed by atoms with van der Waals surface area (Å²) in [5.74, 6) is 0.729. The topological polar surface area (TPSA) is 37.4 Å². The summed E-state index contributed by atoms with van der Waals surface area (Å²) in [5.41, 5.74) is 1.03. The third kappa shape index (κ3) is 5.17. The van der Waals surface area contributed by atoms with E-state index in [2.05, 4.69) is 36.1 Å². The molecule has 0 spiro atoms. The van der Waals surface area contributed by atoms with Crippen molar-refractivity contribution in [3.05, 3.63) is 23.9 Å². The fourth-order valence-electron chi connectivity index (χ4n) is 1.94. The maximum atomic E-state index is 5.72. The molecule has 0 aromatic carbocycles. The lowest BCUT2D eigenvalue weighted by Gasteiger charge is -2.15. The standard InChI is InChI=1S/C15H25N3O/c1-12(2)16-11-13-5-4-6-15(17-13)19-10-9-18(3)14-7-8-14/h4-6,12,14,16H,7-11H2,1-3H3. The van der Waals surface area contributed by atoms with Crippen LogP contribution in [0.5, 0.6) is 5.88 Å². The minimum Gasteiger partial charge on any atom is -0.476 e. The second-order valence-electron chi connectivity index (χ2n) is 5.56. The van der Waals surface area contributed by atoms with Crippen LogP contribution in [0.25, 0.3) is 0 Å². The van der Waals surface area contributed by atoms with Crippen molar-refractivity contribution in [2.24, 2.45) is 0 Å². The summed E-state index contributed by atoms with van der Waals surface area (Å²) in [5, 5.41) is 3.36. The monoisotopic (exact) mass is 263 g/mol. The van der Waals surface area contributed by atoms with Crippen molar-refractivity contribution < 1.29 is 4.74 Å². The zero-order valence-corrected chi connectivity index (χ0v) is 12.2. The number of pyridine rings is 1. The molecule has 1 saturated carbocycles. The lowest BCUT2D eigenvalue weighted by molar-refractivity contribution is 0.226. The van der Waals surface area contributed by atoms with Crippen molar-refractivity contribution in [1.29, 1.82) is 0 Å². The SMILES string of the molecule is CC(C)NCc1cccc(OCCN(C)C2CC2)n1. The van der Waals surface area contributed by atoms with Gasteiger partial charge in [-0.15, -0.1) is 0 Å². The minimum atomic E-state index is 0.471. The largest absolute Gasteiger partial charge is 0.476 e. The summed E-state index contributed by atoms with van der Waals surface area (Å²) in [6.45, 7) is 6.74. The zero-order chi connectivity index (χ0) is 13.7. The molecule has 0 saturated heterocycles. The highest BCUT2D eigenvalue weighted by atomic mass is 16.5. The molecule has 0 aliphatic heterocycles. The Labute approximate surface area is 116 Å². The van der Waals surface area contributed by atoms with Crippen LogP contribution in [-0.2, 0) is 6.54 Å². The Morgan fingerprint density at radius 3 is 2.89 bits per heavy atom. The van der Waals surface area contributed by atoms with E-state index in [0.717, 1.165) is 30.7 Å². The Kier molecular flexibility index (Phi) is 5.16. The summed E-state index contributed by atoms with van der Waals surface area (Å²) in [7, 11) is 2.16. The summed E-state index contributed by atoms with van der Waals surface area (Å²) in [6, 6.07) is 7.22. The molecule has 4 nitrogen and oxygen atoms in total. The fraction of sp³-hybridized carbons (Fsp3) is 0.667. The number of nitrogens with one attached hydrogen (secondary N) is 1. The summed E-state index contributed by atoms with van der Waals surface area (Å²) >= 11 is 0. The second-order valence-corrected chi connectivity index (χ2v) is 5.56. The molecule has 0 radical (unpaired) electrons. The smallest absolute Gasteiger partial charge is 0.213 e. The number of aromatic nitrogens is 1. The van der Waals surface area contributed by atoms with Gasteiger partial charge in [0, 0.05) is 31.2 Å². The first-order valence-corrected chi connectivity index (χ1v) is 7.17. The molecule has 0 unspecified atom stereocenters. The van der Waals surface area contributed by atoms with Gasteiger partial charge in [-0.05, 0) is 26.0 Å². The molecule has 1 heterocycles. The van der Waals surface area contributed by atoms with Crippen molar-refractivity contribution in [3.63, 3.8) is 0 Å². The molecule has 1 aromatic rings. The van der Waals surface area contributed by atoms with Gasteiger partial charge in [-0.3, -0.25) is 0 Å². The number of nitrogens with zero attached hydrogens (tertiary/aromatic N) is 2. The van der Waals surface area contributed by atoms with Crippen LogP contribution < -0.4 is 10.1 Å². The van der Waals surface area contributed by atoms with Gasteiger partial charge < -0.3 is 15.0 Å². The number of rotatable bonds is 8. The van der Waals surface area contributed by atoms with Crippen LogP contribution in [0.1, 0.15) is 32.4 Å². The third-order valence-corrected chi connectivity index (χ3v) is 3.34. The molecular formula is C15H25N3O. The Balaban J connectivity index is 1.74. The normalized spacial score (nSPS) is 15.2. The molecule has 0 atom stereocenters. The van der Waals surface area contributed by atoms with Crippen LogP contribution in [0, 0.1) is 0 Å². The van der Waals surface area contributed by atoms with E-state index in [9.17, 15) is 0 Å². The predicted molar refractivity (Wildman–Crippen MR) is 77.4 cm³/mol. The maximum Gasteiger partial charge on any atom is 0.213 e. The fourth-order valence-corrected chi connectivity index (χ4v) is 1.94. The highest BCUT2D eigenvalue weighted by Crippen LogP contribution is 2.24. The van der Waals surface area contributed by atoms with Crippen molar-refractivity contribution >= 4 is 0 Å². The van der Waals surface area contributed by atoms with E-state index in [4.69, 9.17) is 4.74 Å². The van der Waals surface area contributed by atoms with Gasteiger partial charge in [0.05, 0.1) is 5.69 Å². The molecule has 0 amide bonds. The van der Waals surface area contributed by atoms with Gasteiger partial charge in [0.1, 0.15) is 6.61 Å². The molecule has 19 heavy (non-hydrogen) atoms. The van der Waals surface area contributed by atoms with Gasteiger partial charge in [-0.25, -0.2) is 4.98 Å². The van der Waals surface area contributed by atoms with Crippen molar-refractivity contribution in [2.75, 3.05) is 20.2 Å². The Bertz CT molecular complexity index is 391. The number of ether oxygens (including phenoxy) is 1. The molecule has 1 aromatic heterocycles. The molecule has 1 N–H and O–H groups in total. The van der Waals surface area contributed by atoms with Gasteiger partial charge in [-0.2, -0.15) is 0 Å². The van der Waals surface area contributed by atoms with Crippen LogP contribution in [0.3, 0.4) is 0 Å². The molecular weight excluding hydrogens is 238 g/mol. The number of hydrogen-bond donors (Lipinski definition) is 1. The summed E-state index contributed by atoms with van der Waals surface area (Å²) < 4.78 is 5.72. The Hall–Kier alpha value is -1.13. The molecule has 0 bridgehead atoms. The lowest BCUT2D eigenvalue weighted by Crippen LogP contribution is -2.26. The quantitative estimate of drug-likeness (QED) is 0.779. The molecule has 2 rings (SSSR count). The first-order chi connectivity index (χ1) is 9.15. The predicted octanol–water partition coefficient (Wildman–Crippen LogP) is 2.05. The second kappa shape index (κ2) is 6.87. The first kappa shape index (κ1) is 14.3. The lowest BCUT2D eigenvalue weighted by atomic mass is 10.3. The third-order valence-electron chi connectivity index (χ3n) is 3.34. The van der Waals surface area contributed by atoms with E-state index in [1.54, 1.807) is 0 Å². The molecule has 1 aliphatic carbocycles. The minimum absolute atomic E-state index is 0.471. The molecule has 106 valence electrons. The van der Waals surface area contributed by atoms with Crippen molar-refractivity contribution in [1.82, 2.24) is 15.2 Å². The highest BCUT2D eigenvalue weighted by molar-refractivity contribution is 5.15. The van der Waals surface area contributed by atoms with Gasteiger partial charge in [-0.1, -0.05) is 19.9 Å². The summed E-state index contributed by atoms with van der Waals surface area (Å²) in [6.07, 6.45) is 2.68. The molecule has 1 aliphatic rings. The zero-order valence-electron chi connectivity index (χ0n) is 12.2. The average Bonchev–Trinajstić information content (AvgIpc) is 3.21. The van der Waals surface area contributed by atoms with E-state index in [-0.39, 0.29) is 0 Å². The highest BCUT2D eigenvalue weighted by Gasteiger charge is 2.25. The molecule has 1 fully saturated rings. The van der Waals surface area contributed by atoms with Gasteiger partial charge >= 0.3 is 0 Å². The van der Waals surface area contributed by atoms with Crippen LogP contribution >= 0.6 is 0 Å². The van der Waals surface area contributed by atoms with E-state index in [1.807, 2.05) is 18.2 Å². The van der Waals surface area contributed by atoms with Crippen LogP contribution in [0.4, 0.5) is 0 Å². The van der Waals surface area contributed by atoms with E-state index < -0.39 is 0 Å². The molecule has 4 heteroatoms. The van der Waals surface area contributed by atoms with Crippen molar-refractivity contribution in [3.8, 4) is 5.88 Å². The average molecular weight is 263 g/mol. The maximum absolute atomic E-state index is 5.72. The Morgan fingerprint density at radius 1 is 1.42 bits per heavy atom. The van der Waals surface area contributed by atoms with Crippen LogP contribution in [0.15, 0.2) is 18.2 Å². The van der Waals surface area contributed by atoms with Crippen LogP contribution in [0.2, 0.25) is 0 Å². The van der Waals surface area contributed by atoms with E-state index >= 15 is 0 Å². The van der Waals surface area contributed by atoms with E-state index in [0.29, 0.717) is 12.6 Å². The number of hydrogen-bond acceptors (Lipinski definition) is 4. The Morgan fingerprint density at radius 2 is 2.21 bits per heavy atom. The summed E-state index contributed by atoms with van der Waals surface area (Å²) in [4.78, 5) is 6.86. The van der Waals surface area contributed by atoms with E-state index in [1.165, 1.54) is 12.8 Å². The van der Waals surface area contributed by atoms with Crippen molar-refractivity contribution in [2.45, 2.75) is 45.3 Å². The first-order valence-electron chi connectivity index (χ1n) is 7.17.